The molecule has 1 heterocycles. The molecular formula is C12H15BrO4S. The van der Waals surface area contributed by atoms with Crippen LogP contribution in [0.3, 0.4) is 0 Å². The van der Waals surface area contributed by atoms with Crippen LogP contribution in [0.1, 0.15) is 18.4 Å². The summed E-state index contributed by atoms with van der Waals surface area (Å²) in [6.45, 7) is 2.02. The number of aliphatic hydroxyl groups is 1. The van der Waals surface area contributed by atoms with E-state index >= 15 is 0 Å². The summed E-state index contributed by atoms with van der Waals surface area (Å²) in [6.07, 6.45) is -0.243. The number of hydrogen-bond donors (Lipinski definition) is 1. The molecule has 0 amide bonds. The third-order valence-corrected chi connectivity index (χ3v) is 5.35. The standard InChI is InChI=1S/C12H15BrO4S/c1-8(5-14)9-2-3-12(11(13)4-9)17-10-6-18(15,16)7-10/h2-4,8,10,14H,5-7H2,1H3. The van der Waals surface area contributed by atoms with E-state index in [0.717, 1.165) is 10.0 Å². The zero-order valence-electron chi connectivity index (χ0n) is 9.97. The van der Waals surface area contributed by atoms with Gasteiger partial charge in [-0.3, -0.25) is 0 Å². The average molecular weight is 335 g/mol. The molecule has 100 valence electrons. The van der Waals surface area contributed by atoms with Crippen molar-refractivity contribution >= 4 is 25.8 Å². The van der Waals surface area contributed by atoms with Gasteiger partial charge in [-0.05, 0) is 33.6 Å². The zero-order valence-corrected chi connectivity index (χ0v) is 12.4. The molecule has 0 radical (unpaired) electrons. The van der Waals surface area contributed by atoms with Gasteiger partial charge >= 0.3 is 0 Å². The minimum Gasteiger partial charge on any atom is -0.487 e. The molecular weight excluding hydrogens is 320 g/mol. The fourth-order valence-corrected chi connectivity index (χ4v) is 3.45. The second-order valence-electron chi connectivity index (χ2n) is 4.59. The Balaban J connectivity index is 2.06. The first-order chi connectivity index (χ1) is 8.41. The molecule has 0 spiro atoms. The topological polar surface area (TPSA) is 63.6 Å². The lowest BCUT2D eigenvalue weighted by Crippen LogP contribution is -2.45. The first kappa shape index (κ1) is 13.8. The highest BCUT2D eigenvalue weighted by molar-refractivity contribution is 9.10. The number of ether oxygens (including phenoxy) is 1. The summed E-state index contributed by atoms with van der Waals surface area (Å²) in [6, 6.07) is 5.58. The van der Waals surface area contributed by atoms with Crippen LogP contribution in [0.4, 0.5) is 0 Å². The second-order valence-corrected chi connectivity index (χ2v) is 7.60. The van der Waals surface area contributed by atoms with Gasteiger partial charge in [0.1, 0.15) is 11.9 Å². The highest BCUT2D eigenvalue weighted by atomic mass is 79.9. The van der Waals surface area contributed by atoms with Gasteiger partial charge in [0.05, 0.1) is 16.0 Å². The summed E-state index contributed by atoms with van der Waals surface area (Å²) < 4.78 is 28.4. The Morgan fingerprint density at radius 3 is 2.67 bits per heavy atom. The lowest BCUT2D eigenvalue weighted by atomic mass is 10.0. The van der Waals surface area contributed by atoms with E-state index in [2.05, 4.69) is 15.9 Å². The maximum atomic E-state index is 11.0. The minimum absolute atomic E-state index is 0.0689. The van der Waals surface area contributed by atoms with Crippen LogP contribution in [-0.2, 0) is 9.84 Å². The van der Waals surface area contributed by atoms with Crippen LogP contribution < -0.4 is 4.74 Å². The molecule has 1 fully saturated rings. The first-order valence-corrected chi connectivity index (χ1v) is 8.30. The highest BCUT2D eigenvalue weighted by Crippen LogP contribution is 2.31. The summed E-state index contributed by atoms with van der Waals surface area (Å²) in [7, 11) is -2.86. The first-order valence-electron chi connectivity index (χ1n) is 5.68. The molecule has 1 saturated heterocycles. The molecule has 1 aromatic carbocycles. The van der Waals surface area contributed by atoms with E-state index < -0.39 is 9.84 Å². The summed E-state index contributed by atoms with van der Waals surface area (Å²) in [5.74, 6) is 0.894. The lowest BCUT2D eigenvalue weighted by molar-refractivity contribution is 0.228. The van der Waals surface area contributed by atoms with Crippen LogP contribution in [0.5, 0.6) is 5.75 Å². The molecule has 2 rings (SSSR count). The van der Waals surface area contributed by atoms with Gasteiger partial charge in [-0.1, -0.05) is 13.0 Å². The van der Waals surface area contributed by atoms with Crippen molar-refractivity contribution in [3.05, 3.63) is 28.2 Å². The van der Waals surface area contributed by atoms with E-state index in [4.69, 9.17) is 9.84 Å². The van der Waals surface area contributed by atoms with Crippen molar-refractivity contribution in [2.75, 3.05) is 18.1 Å². The van der Waals surface area contributed by atoms with Gasteiger partial charge < -0.3 is 9.84 Å². The Hall–Kier alpha value is -0.590. The largest absolute Gasteiger partial charge is 0.487 e. The van der Waals surface area contributed by atoms with Crippen molar-refractivity contribution in [2.24, 2.45) is 0 Å². The lowest BCUT2D eigenvalue weighted by Gasteiger charge is -2.27. The quantitative estimate of drug-likeness (QED) is 0.910. The van der Waals surface area contributed by atoms with E-state index in [0.29, 0.717) is 5.75 Å². The fraction of sp³-hybridized carbons (Fsp3) is 0.500. The third-order valence-electron chi connectivity index (χ3n) is 2.97. The van der Waals surface area contributed by atoms with Crippen molar-refractivity contribution in [3.8, 4) is 5.75 Å². The predicted molar refractivity (Wildman–Crippen MR) is 72.7 cm³/mol. The monoisotopic (exact) mass is 334 g/mol. The van der Waals surface area contributed by atoms with Crippen molar-refractivity contribution in [3.63, 3.8) is 0 Å². The van der Waals surface area contributed by atoms with Crippen LogP contribution >= 0.6 is 15.9 Å². The van der Waals surface area contributed by atoms with Crippen molar-refractivity contribution in [1.82, 2.24) is 0 Å². The Labute approximate surface area is 115 Å². The Morgan fingerprint density at radius 1 is 1.50 bits per heavy atom. The molecule has 0 saturated carbocycles. The van der Waals surface area contributed by atoms with Gasteiger partial charge in [0.2, 0.25) is 0 Å². The molecule has 0 aromatic heterocycles. The Bertz CT molecular complexity index is 529. The molecule has 1 N–H and O–H groups in total. The number of hydrogen-bond acceptors (Lipinski definition) is 4. The summed E-state index contributed by atoms with van der Waals surface area (Å²) in [4.78, 5) is 0. The molecule has 1 aliphatic rings. The number of aliphatic hydroxyl groups excluding tert-OH is 1. The van der Waals surface area contributed by atoms with Crippen LogP contribution in [0, 0.1) is 0 Å². The molecule has 0 aliphatic carbocycles. The van der Waals surface area contributed by atoms with Gasteiger partial charge in [0, 0.05) is 12.5 Å². The SMILES string of the molecule is CC(CO)c1ccc(OC2CS(=O)(=O)C2)c(Br)c1. The summed E-state index contributed by atoms with van der Waals surface area (Å²) in [5, 5.41) is 9.09. The van der Waals surface area contributed by atoms with Gasteiger partial charge in [-0.2, -0.15) is 0 Å². The fourth-order valence-electron chi connectivity index (χ4n) is 1.79. The van der Waals surface area contributed by atoms with Crippen LogP contribution in [0.15, 0.2) is 22.7 Å². The number of sulfone groups is 1. The zero-order chi connectivity index (χ0) is 13.3. The number of rotatable bonds is 4. The molecule has 1 aromatic rings. The van der Waals surface area contributed by atoms with E-state index in [-0.39, 0.29) is 30.1 Å². The van der Waals surface area contributed by atoms with E-state index in [1.807, 2.05) is 19.1 Å². The normalized spacial score (nSPS) is 20.2. The van der Waals surface area contributed by atoms with Gasteiger partial charge in [0.25, 0.3) is 0 Å². The molecule has 4 nitrogen and oxygen atoms in total. The van der Waals surface area contributed by atoms with E-state index in [9.17, 15) is 8.42 Å². The second kappa shape index (κ2) is 5.19. The summed E-state index contributed by atoms with van der Waals surface area (Å²) >= 11 is 3.40. The van der Waals surface area contributed by atoms with Gasteiger partial charge in [-0.15, -0.1) is 0 Å². The molecule has 0 bridgehead atoms. The molecule has 1 aliphatic heterocycles. The van der Waals surface area contributed by atoms with Crippen molar-refractivity contribution in [2.45, 2.75) is 18.9 Å². The van der Waals surface area contributed by atoms with Crippen molar-refractivity contribution < 1.29 is 18.3 Å². The number of benzene rings is 1. The Kier molecular flexibility index (Phi) is 3.99. The smallest absolute Gasteiger partial charge is 0.157 e. The molecule has 1 atom stereocenters. The van der Waals surface area contributed by atoms with Crippen LogP contribution in [-0.4, -0.2) is 37.7 Å². The molecule has 18 heavy (non-hydrogen) atoms. The van der Waals surface area contributed by atoms with Gasteiger partial charge in [0.15, 0.2) is 9.84 Å². The van der Waals surface area contributed by atoms with Gasteiger partial charge in [-0.25, -0.2) is 8.42 Å². The maximum absolute atomic E-state index is 11.0. The Morgan fingerprint density at radius 2 is 2.17 bits per heavy atom. The van der Waals surface area contributed by atoms with E-state index in [1.54, 1.807) is 6.07 Å². The maximum Gasteiger partial charge on any atom is 0.157 e. The van der Waals surface area contributed by atoms with E-state index in [1.165, 1.54) is 0 Å². The highest BCUT2D eigenvalue weighted by Gasteiger charge is 2.35. The molecule has 1 unspecified atom stereocenters. The minimum atomic E-state index is -2.86. The van der Waals surface area contributed by atoms with Crippen LogP contribution in [0.25, 0.3) is 0 Å². The summed E-state index contributed by atoms with van der Waals surface area (Å²) in [5.41, 5.74) is 1.01. The molecule has 6 heteroatoms. The van der Waals surface area contributed by atoms with Crippen molar-refractivity contribution in [1.29, 1.82) is 0 Å². The number of halogens is 1. The predicted octanol–water partition coefficient (Wildman–Crippen LogP) is 1.72. The third kappa shape index (κ3) is 3.05. The average Bonchev–Trinajstić information content (AvgIpc) is 2.28. The van der Waals surface area contributed by atoms with Crippen LogP contribution in [0.2, 0.25) is 0 Å².